The van der Waals surface area contributed by atoms with Gasteiger partial charge in [-0.25, -0.2) is 0 Å². The van der Waals surface area contributed by atoms with E-state index in [-0.39, 0.29) is 11.7 Å². The highest BCUT2D eigenvalue weighted by atomic mass is 32.1. The van der Waals surface area contributed by atoms with Crippen molar-refractivity contribution in [2.24, 2.45) is 11.8 Å². The van der Waals surface area contributed by atoms with E-state index in [9.17, 15) is 4.79 Å². The predicted octanol–water partition coefficient (Wildman–Crippen LogP) is 4.17. The monoisotopic (exact) mass is 310 g/mol. The van der Waals surface area contributed by atoms with E-state index in [1.807, 2.05) is 0 Å². The molecule has 2 rings (SSSR count). The van der Waals surface area contributed by atoms with Gasteiger partial charge in [-0.3, -0.25) is 4.79 Å². The average molecular weight is 310 g/mol. The molecule has 2 unspecified atom stereocenters. The molecule has 3 N–H and O–H groups in total. The molecular weight excluding hydrogens is 284 g/mol. The molecule has 1 aromatic heterocycles. The lowest BCUT2D eigenvalue weighted by molar-refractivity contribution is 0.0972. The number of nitrogens with one attached hydrogen (secondary N) is 1. The highest BCUT2D eigenvalue weighted by Gasteiger charge is 2.34. The van der Waals surface area contributed by atoms with Crippen LogP contribution in [0.15, 0.2) is 0 Å². The first kappa shape index (κ1) is 16.1. The van der Waals surface area contributed by atoms with Crippen LogP contribution in [0.3, 0.4) is 0 Å². The Morgan fingerprint density at radius 1 is 1.48 bits per heavy atom. The summed E-state index contributed by atoms with van der Waals surface area (Å²) in [5.41, 5.74) is 6.61. The number of methoxy groups -OCH3 is 1. The number of ketones is 1. The number of thiophene rings is 1. The molecule has 1 saturated carbocycles. The molecule has 1 aromatic rings. The number of Topliss-reactive ketones (excluding diaryl/α,β-unsaturated/α-hetero) is 1. The fraction of sp³-hybridized carbons (Fsp3) is 0.688. The van der Waals surface area contributed by atoms with Crippen LogP contribution < -0.4 is 15.8 Å². The first-order chi connectivity index (χ1) is 9.97. The van der Waals surface area contributed by atoms with Crippen molar-refractivity contribution in [3.05, 3.63) is 4.88 Å². The molecule has 1 heterocycles. The molecule has 0 radical (unpaired) electrons. The van der Waals surface area contributed by atoms with E-state index in [0.29, 0.717) is 28.3 Å². The van der Waals surface area contributed by atoms with E-state index >= 15 is 0 Å². The maximum absolute atomic E-state index is 12.3. The molecule has 4 nitrogen and oxygen atoms in total. The number of carbonyl (C=O) groups is 1. The summed E-state index contributed by atoms with van der Waals surface area (Å²) in [4.78, 5) is 12.9. The molecular formula is C16H26N2O2S. The lowest BCUT2D eigenvalue weighted by Crippen LogP contribution is -2.17. The lowest BCUT2D eigenvalue weighted by Gasteiger charge is -2.18. The summed E-state index contributed by atoms with van der Waals surface area (Å²) >= 11 is 1.44. The van der Waals surface area contributed by atoms with E-state index in [4.69, 9.17) is 10.5 Å². The Kier molecular flexibility index (Phi) is 5.14. The first-order valence-corrected chi connectivity index (χ1v) is 8.56. The Morgan fingerprint density at radius 3 is 2.67 bits per heavy atom. The van der Waals surface area contributed by atoms with Crippen LogP contribution in [0.4, 0.5) is 10.7 Å². The van der Waals surface area contributed by atoms with Crippen LogP contribution in [0.5, 0.6) is 5.75 Å². The quantitative estimate of drug-likeness (QED) is 0.707. The van der Waals surface area contributed by atoms with Crippen molar-refractivity contribution in [2.75, 3.05) is 18.2 Å². The summed E-state index contributed by atoms with van der Waals surface area (Å²) in [7, 11) is 1.61. The third-order valence-corrected chi connectivity index (χ3v) is 5.24. The van der Waals surface area contributed by atoms with Gasteiger partial charge in [-0.2, -0.15) is 0 Å². The van der Waals surface area contributed by atoms with Crippen LogP contribution in [0.25, 0.3) is 0 Å². The van der Waals surface area contributed by atoms with E-state index < -0.39 is 0 Å². The van der Waals surface area contributed by atoms with Gasteiger partial charge >= 0.3 is 0 Å². The number of carbonyl (C=O) groups excluding carboxylic acids is 1. The molecule has 2 atom stereocenters. The highest BCUT2D eigenvalue weighted by molar-refractivity contribution is 7.19. The van der Waals surface area contributed by atoms with Gasteiger partial charge in [0.25, 0.3) is 0 Å². The van der Waals surface area contributed by atoms with Crippen molar-refractivity contribution in [1.29, 1.82) is 0 Å². The summed E-state index contributed by atoms with van der Waals surface area (Å²) < 4.78 is 5.41. The number of hydrogen-bond donors (Lipinski definition) is 2. The van der Waals surface area contributed by atoms with Crippen LogP contribution >= 0.6 is 11.3 Å². The fourth-order valence-corrected chi connectivity index (χ4v) is 3.71. The minimum atomic E-state index is 0.179. The highest BCUT2D eigenvalue weighted by Crippen LogP contribution is 2.46. The molecule has 0 spiro atoms. The van der Waals surface area contributed by atoms with Gasteiger partial charge in [-0.1, -0.05) is 20.3 Å². The Hall–Kier alpha value is -1.23. The van der Waals surface area contributed by atoms with Gasteiger partial charge < -0.3 is 15.8 Å². The average Bonchev–Trinajstić information content (AvgIpc) is 3.24. The molecule has 1 aliphatic carbocycles. The zero-order valence-electron chi connectivity index (χ0n) is 13.4. The number of hydrogen-bond acceptors (Lipinski definition) is 5. The van der Waals surface area contributed by atoms with Gasteiger partial charge in [0.1, 0.15) is 5.00 Å². The smallest absolute Gasteiger partial charge is 0.178 e. The summed E-state index contributed by atoms with van der Waals surface area (Å²) in [6.07, 6.45) is 4.24. The topological polar surface area (TPSA) is 64.4 Å². The fourth-order valence-electron chi connectivity index (χ4n) is 2.49. The number of ether oxygens (including phenoxy) is 1. The molecule has 21 heavy (non-hydrogen) atoms. The van der Waals surface area contributed by atoms with E-state index in [1.165, 1.54) is 17.8 Å². The van der Waals surface area contributed by atoms with E-state index in [2.05, 4.69) is 26.1 Å². The van der Waals surface area contributed by atoms with Crippen LogP contribution in [0.2, 0.25) is 0 Å². The Balaban J connectivity index is 2.14. The molecule has 5 heteroatoms. The van der Waals surface area contributed by atoms with Crippen LogP contribution in [-0.4, -0.2) is 18.9 Å². The summed E-state index contributed by atoms with van der Waals surface area (Å²) in [6, 6.07) is 0.329. The minimum absolute atomic E-state index is 0.179. The molecule has 0 amide bonds. The second-order valence-electron chi connectivity index (χ2n) is 6.14. The van der Waals surface area contributed by atoms with Gasteiger partial charge in [0.2, 0.25) is 0 Å². The van der Waals surface area contributed by atoms with Crippen molar-refractivity contribution in [3.8, 4) is 5.75 Å². The van der Waals surface area contributed by atoms with E-state index in [0.717, 1.165) is 24.3 Å². The van der Waals surface area contributed by atoms with E-state index in [1.54, 1.807) is 7.11 Å². The minimum Gasteiger partial charge on any atom is -0.492 e. The zero-order valence-corrected chi connectivity index (χ0v) is 14.2. The van der Waals surface area contributed by atoms with Crippen molar-refractivity contribution < 1.29 is 9.53 Å². The molecule has 1 aliphatic rings. The van der Waals surface area contributed by atoms with Gasteiger partial charge in [0.05, 0.1) is 17.7 Å². The second kappa shape index (κ2) is 6.69. The third-order valence-electron chi connectivity index (χ3n) is 4.11. The lowest BCUT2D eigenvalue weighted by atomic mass is 10.0. The molecule has 118 valence electrons. The van der Waals surface area contributed by atoms with Crippen molar-refractivity contribution in [1.82, 2.24) is 0 Å². The van der Waals surface area contributed by atoms with Gasteiger partial charge in [-0.15, -0.1) is 11.3 Å². The standard InChI is InChI=1S/C16H26N2O2S/c1-5-9(2)8-10(3)18-16-14(20-4)12(17)15(21-16)13(19)11-6-7-11/h9-11,18H,5-8,17H2,1-4H3. The van der Waals surface area contributed by atoms with Crippen LogP contribution in [-0.2, 0) is 0 Å². The molecule has 0 saturated heterocycles. The summed E-state index contributed by atoms with van der Waals surface area (Å²) in [6.45, 7) is 6.61. The van der Waals surface area contributed by atoms with Gasteiger partial charge in [0, 0.05) is 12.0 Å². The second-order valence-corrected chi connectivity index (χ2v) is 7.16. The Bertz CT molecular complexity index is 509. The maximum Gasteiger partial charge on any atom is 0.178 e. The Labute approximate surface area is 131 Å². The maximum atomic E-state index is 12.3. The van der Waals surface area contributed by atoms with Crippen molar-refractivity contribution in [3.63, 3.8) is 0 Å². The number of rotatable bonds is 8. The Morgan fingerprint density at radius 2 is 2.14 bits per heavy atom. The van der Waals surface area contributed by atoms with Crippen molar-refractivity contribution >= 4 is 27.8 Å². The molecule has 1 fully saturated rings. The SMILES string of the molecule is CCC(C)CC(C)Nc1sc(C(=O)C2CC2)c(N)c1OC. The molecule has 0 bridgehead atoms. The zero-order chi connectivity index (χ0) is 15.6. The van der Waals surface area contributed by atoms with Gasteiger partial charge in [0.15, 0.2) is 11.5 Å². The van der Waals surface area contributed by atoms with Crippen LogP contribution in [0.1, 0.15) is 56.1 Å². The molecule has 0 aliphatic heterocycles. The third kappa shape index (κ3) is 3.70. The number of nitrogen functional groups attached to an aromatic ring is 1. The van der Waals surface area contributed by atoms with Crippen LogP contribution in [0, 0.1) is 11.8 Å². The first-order valence-electron chi connectivity index (χ1n) is 7.74. The van der Waals surface area contributed by atoms with Gasteiger partial charge in [-0.05, 0) is 32.1 Å². The summed E-state index contributed by atoms with van der Waals surface area (Å²) in [5.74, 6) is 1.66. The normalized spacial score (nSPS) is 17.3. The predicted molar refractivity (Wildman–Crippen MR) is 89.5 cm³/mol. The summed E-state index contributed by atoms with van der Waals surface area (Å²) in [5, 5.41) is 4.35. The largest absolute Gasteiger partial charge is 0.492 e. The number of nitrogens with two attached hydrogens (primary N) is 1. The number of anilines is 2. The van der Waals surface area contributed by atoms with Crippen molar-refractivity contribution in [2.45, 2.75) is 52.5 Å². The molecule has 0 aromatic carbocycles.